The van der Waals surface area contributed by atoms with E-state index in [-0.39, 0.29) is 30.0 Å². The molecule has 0 unspecified atom stereocenters. The molecule has 2 fully saturated rings. The number of carbonyl (C=O) groups excluding carboxylic acids is 2. The van der Waals surface area contributed by atoms with Gasteiger partial charge in [0.25, 0.3) is 5.91 Å². The number of morpholine rings is 1. The molecule has 2 amide bonds. The van der Waals surface area contributed by atoms with Crippen LogP contribution in [-0.2, 0) is 9.53 Å². The lowest BCUT2D eigenvalue weighted by Crippen LogP contribution is -2.47. The van der Waals surface area contributed by atoms with Crippen molar-refractivity contribution in [2.75, 3.05) is 40.9 Å². The highest BCUT2D eigenvalue weighted by Crippen LogP contribution is 2.25. The van der Waals surface area contributed by atoms with Gasteiger partial charge in [-0.25, -0.2) is 0 Å². The Labute approximate surface area is 170 Å². The van der Waals surface area contributed by atoms with E-state index in [1.807, 2.05) is 24.3 Å². The van der Waals surface area contributed by atoms with Gasteiger partial charge >= 0.3 is 0 Å². The molecule has 1 aromatic carbocycles. The molecule has 8 nitrogen and oxygen atoms in total. The predicted octanol–water partition coefficient (Wildman–Crippen LogP) is 1.23. The second-order valence-corrected chi connectivity index (χ2v) is 8.10. The third kappa shape index (κ3) is 4.23. The minimum Gasteiger partial charge on any atom is -0.497 e. The average Bonchev–Trinajstić information content (AvgIpc) is 3.30. The van der Waals surface area contributed by atoms with Crippen molar-refractivity contribution in [2.45, 2.75) is 31.0 Å². The monoisotopic (exact) mass is 400 g/mol. The zero-order valence-corrected chi connectivity index (χ0v) is 17.1. The predicted molar refractivity (Wildman–Crippen MR) is 109 cm³/mol. The number of hydrogen-bond acceptors (Lipinski definition) is 5. The Hall–Kier alpha value is -2.58. The molecule has 8 heteroatoms. The topological polar surface area (TPSA) is 86.9 Å². The number of carbonyl (C=O) groups is 2. The summed E-state index contributed by atoms with van der Waals surface area (Å²) in [7, 11) is 5.14. The first-order valence-electron chi connectivity index (χ1n) is 9.96. The molecule has 2 aromatic rings. The van der Waals surface area contributed by atoms with Gasteiger partial charge in [0.15, 0.2) is 0 Å². The van der Waals surface area contributed by atoms with Crippen molar-refractivity contribution < 1.29 is 19.1 Å². The number of amides is 2. The summed E-state index contributed by atoms with van der Waals surface area (Å²) in [6, 6.07) is 7.89. The lowest BCUT2D eigenvalue weighted by molar-refractivity contribution is -0.134. The van der Waals surface area contributed by atoms with Gasteiger partial charge < -0.3 is 24.7 Å². The Morgan fingerprint density at radius 2 is 2.14 bits per heavy atom. The molecule has 3 atom stereocenters. The van der Waals surface area contributed by atoms with Crippen LogP contribution in [-0.4, -0.2) is 85.7 Å². The molecule has 0 aliphatic carbocycles. The van der Waals surface area contributed by atoms with Crippen molar-refractivity contribution in [3.8, 4) is 5.75 Å². The van der Waals surface area contributed by atoms with E-state index in [0.717, 1.165) is 36.2 Å². The molecule has 0 radical (unpaired) electrons. The molecule has 0 bridgehead atoms. The van der Waals surface area contributed by atoms with E-state index in [4.69, 9.17) is 9.47 Å². The van der Waals surface area contributed by atoms with E-state index < -0.39 is 0 Å². The third-order valence-corrected chi connectivity index (χ3v) is 5.80. The van der Waals surface area contributed by atoms with Gasteiger partial charge in [0, 0.05) is 50.2 Å². The van der Waals surface area contributed by atoms with E-state index >= 15 is 0 Å². The second-order valence-electron chi connectivity index (χ2n) is 8.10. The number of nitrogens with one attached hydrogen (secondary N) is 2. The van der Waals surface area contributed by atoms with Gasteiger partial charge in [0.2, 0.25) is 5.91 Å². The summed E-state index contributed by atoms with van der Waals surface area (Å²) in [6.07, 6.45) is 1.17. The smallest absolute Gasteiger partial charge is 0.267 e. The van der Waals surface area contributed by atoms with Gasteiger partial charge in [-0.2, -0.15) is 0 Å². The van der Waals surface area contributed by atoms with Crippen LogP contribution >= 0.6 is 0 Å². The Balaban J connectivity index is 1.35. The number of methoxy groups -OCH3 is 1. The summed E-state index contributed by atoms with van der Waals surface area (Å²) in [6.45, 7) is 2.10. The van der Waals surface area contributed by atoms with Crippen molar-refractivity contribution in [1.29, 1.82) is 0 Å². The van der Waals surface area contributed by atoms with Gasteiger partial charge in [-0.15, -0.1) is 0 Å². The molecule has 1 aromatic heterocycles. The van der Waals surface area contributed by atoms with Crippen LogP contribution in [0.5, 0.6) is 5.75 Å². The zero-order chi connectivity index (χ0) is 20.5. The van der Waals surface area contributed by atoms with Crippen LogP contribution < -0.4 is 10.1 Å². The maximum Gasteiger partial charge on any atom is 0.267 e. The van der Waals surface area contributed by atoms with Crippen LogP contribution in [0.3, 0.4) is 0 Å². The Morgan fingerprint density at radius 3 is 2.90 bits per heavy atom. The van der Waals surface area contributed by atoms with E-state index in [9.17, 15) is 9.59 Å². The molecule has 2 N–H and O–H groups in total. The van der Waals surface area contributed by atoms with Gasteiger partial charge in [-0.3, -0.25) is 14.5 Å². The number of benzene rings is 1. The van der Waals surface area contributed by atoms with E-state index in [1.165, 1.54) is 0 Å². The van der Waals surface area contributed by atoms with Gasteiger partial charge in [-0.1, -0.05) is 0 Å². The van der Waals surface area contributed by atoms with Crippen LogP contribution in [0, 0.1) is 0 Å². The fourth-order valence-electron chi connectivity index (χ4n) is 4.17. The van der Waals surface area contributed by atoms with Crippen molar-refractivity contribution >= 4 is 22.7 Å². The van der Waals surface area contributed by atoms with Crippen molar-refractivity contribution in [3.63, 3.8) is 0 Å². The standard InChI is InChI=1S/C21H28N4O4/c1-24(2)20(26)9-17-11-25-10-14(8-15(25)12-29-17)22-21(27)19-7-13-6-16(28-3)4-5-18(13)23-19/h4-7,14-15,17,23H,8-12H2,1-3H3,(H,22,27)/t14-,15-,17-/m0/s1. The molecular formula is C21H28N4O4. The summed E-state index contributed by atoms with van der Waals surface area (Å²) < 4.78 is 11.1. The number of hydrogen-bond donors (Lipinski definition) is 2. The fourth-order valence-corrected chi connectivity index (χ4v) is 4.17. The van der Waals surface area contributed by atoms with Crippen LogP contribution in [0.25, 0.3) is 10.9 Å². The highest BCUT2D eigenvalue weighted by molar-refractivity contribution is 5.98. The number of H-pyrrole nitrogens is 1. The molecule has 2 aliphatic heterocycles. The lowest BCUT2D eigenvalue weighted by Gasteiger charge is -2.35. The minimum absolute atomic E-state index is 0.0698. The van der Waals surface area contributed by atoms with Gasteiger partial charge in [-0.05, 0) is 30.7 Å². The highest BCUT2D eigenvalue weighted by Gasteiger charge is 2.38. The molecule has 0 spiro atoms. The Bertz CT molecular complexity index is 909. The highest BCUT2D eigenvalue weighted by atomic mass is 16.5. The molecule has 156 valence electrons. The van der Waals surface area contributed by atoms with Crippen molar-refractivity contribution in [1.82, 2.24) is 20.1 Å². The normalized spacial score (nSPS) is 24.3. The van der Waals surface area contributed by atoms with Gasteiger partial charge in [0.05, 0.1) is 26.2 Å². The molecule has 29 heavy (non-hydrogen) atoms. The first-order valence-corrected chi connectivity index (χ1v) is 9.96. The maximum absolute atomic E-state index is 12.7. The number of fused-ring (bicyclic) bond motifs is 2. The van der Waals surface area contributed by atoms with Crippen LogP contribution in [0.2, 0.25) is 0 Å². The molecule has 2 aliphatic rings. The van der Waals surface area contributed by atoms with Crippen molar-refractivity contribution in [3.05, 3.63) is 30.0 Å². The maximum atomic E-state index is 12.7. The van der Waals surface area contributed by atoms with Gasteiger partial charge in [0.1, 0.15) is 11.4 Å². The minimum atomic E-state index is -0.106. The summed E-state index contributed by atoms with van der Waals surface area (Å²) in [5, 5.41) is 4.09. The third-order valence-electron chi connectivity index (χ3n) is 5.80. The number of aromatic nitrogens is 1. The SMILES string of the molecule is COc1ccc2[nH]c(C(=O)N[C@H]3C[C@H]4CO[C@@H](CC(=O)N(C)C)CN4C3)cc2c1. The average molecular weight is 400 g/mol. The molecule has 3 heterocycles. The lowest BCUT2D eigenvalue weighted by atomic mass is 10.1. The second kappa shape index (κ2) is 8.04. The number of aromatic amines is 1. The van der Waals surface area contributed by atoms with E-state index in [2.05, 4.69) is 15.2 Å². The van der Waals surface area contributed by atoms with Crippen LogP contribution in [0.1, 0.15) is 23.3 Å². The Kier molecular flexibility index (Phi) is 5.47. The number of rotatable bonds is 5. The fraction of sp³-hybridized carbons (Fsp3) is 0.524. The van der Waals surface area contributed by atoms with Crippen LogP contribution in [0.4, 0.5) is 0 Å². The summed E-state index contributed by atoms with van der Waals surface area (Å²) >= 11 is 0. The molecular weight excluding hydrogens is 372 g/mol. The molecule has 2 saturated heterocycles. The number of nitrogens with zero attached hydrogens (tertiary/aromatic N) is 2. The van der Waals surface area contributed by atoms with E-state index in [0.29, 0.717) is 18.7 Å². The number of ether oxygens (including phenoxy) is 2. The summed E-state index contributed by atoms with van der Waals surface area (Å²) in [5.41, 5.74) is 1.45. The Morgan fingerprint density at radius 1 is 1.31 bits per heavy atom. The first-order chi connectivity index (χ1) is 13.9. The molecule has 0 saturated carbocycles. The van der Waals surface area contributed by atoms with Crippen molar-refractivity contribution in [2.24, 2.45) is 0 Å². The zero-order valence-electron chi connectivity index (χ0n) is 17.1. The largest absolute Gasteiger partial charge is 0.497 e. The van der Waals surface area contributed by atoms with Crippen LogP contribution in [0.15, 0.2) is 24.3 Å². The van der Waals surface area contributed by atoms with E-state index in [1.54, 1.807) is 26.1 Å². The quantitative estimate of drug-likeness (QED) is 0.788. The first kappa shape index (κ1) is 19.7. The molecule has 4 rings (SSSR count). The summed E-state index contributed by atoms with van der Waals surface area (Å²) in [5.74, 6) is 0.733. The summed E-state index contributed by atoms with van der Waals surface area (Å²) in [4.78, 5) is 31.8.